The first-order chi connectivity index (χ1) is 34.4. The van der Waals surface area contributed by atoms with Gasteiger partial charge in [0.05, 0.1) is 23.6 Å². The number of Topliss-reactive ketones (excluding diaryl/α,β-unsaturated/α-hetero) is 2. The van der Waals surface area contributed by atoms with Gasteiger partial charge in [0.15, 0.2) is 11.4 Å². The van der Waals surface area contributed by atoms with Crippen LogP contribution in [0.5, 0.6) is 5.75 Å². The number of fused-ring (bicyclic) bond motifs is 3. The number of phenols is 1. The van der Waals surface area contributed by atoms with Gasteiger partial charge in [-0.2, -0.15) is 0 Å². The topological polar surface area (TPSA) is 293 Å². The Morgan fingerprint density at radius 3 is 1.31 bits per heavy atom. The molecule has 0 saturated carbocycles. The molecule has 9 N–H and O–H groups in total. The monoisotopic (exact) mass is 1050 g/mol. The molecule has 15 nitrogen and oxygen atoms in total. The molecule has 74 heavy (non-hydrogen) atoms. The van der Waals surface area contributed by atoms with Gasteiger partial charge in [-0.15, -0.1) is 0 Å². The number of nitrogens with zero attached hydrogens (tertiary/aromatic N) is 1. The van der Waals surface area contributed by atoms with Gasteiger partial charge in [-0.1, -0.05) is 213 Å². The van der Waals surface area contributed by atoms with E-state index in [4.69, 9.17) is 5.73 Å². The van der Waals surface area contributed by atoms with Crippen molar-refractivity contribution < 1.29 is 65.2 Å². The van der Waals surface area contributed by atoms with E-state index in [-0.39, 0.29) is 52.7 Å². The van der Waals surface area contributed by atoms with Crippen LogP contribution in [0.2, 0.25) is 0 Å². The van der Waals surface area contributed by atoms with Crippen LogP contribution in [-0.4, -0.2) is 120 Å². The van der Waals surface area contributed by atoms with Gasteiger partial charge in [-0.25, -0.2) is 0 Å². The first-order valence-corrected chi connectivity index (χ1v) is 28.0. The van der Waals surface area contributed by atoms with Gasteiger partial charge in [0.2, 0.25) is 5.78 Å². The Kier molecular flexibility index (Phi) is 37.1. The minimum atomic E-state index is -2.89. The number of ketones is 2. The normalized spacial score (nSPS) is 20.7. The fraction of sp³-hybridized carbons (Fsp3) is 0.741. The quantitative estimate of drug-likeness (QED) is 0.0215. The first kappa shape index (κ1) is 70.5. The molecule has 4 rings (SSSR count). The largest absolute Gasteiger partial charge is 2.00 e. The zero-order valence-electron chi connectivity index (χ0n) is 46.1. The Balaban J connectivity index is 0.00000112. The molecule has 16 heteroatoms. The van der Waals surface area contributed by atoms with Crippen LogP contribution in [-0.2, 0) is 19.2 Å². The number of aliphatic hydroxyl groups is 4. The fourth-order valence-electron chi connectivity index (χ4n) is 10.9. The van der Waals surface area contributed by atoms with Gasteiger partial charge in [-0.05, 0) is 57.3 Å². The summed E-state index contributed by atoms with van der Waals surface area (Å²) in [6.45, 7) is 6.21. The number of unbranched alkanes of at least 4 members (excludes halogenated alkanes) is 28. The number of nitrogens with two attached hydrogens (primary N) is 1. The summed E-state index contributed by atoms with van der Waals surface area (Å²) in [6, 6.07) is 3.17. The Morgan fingerprint density at radius 1 is 0.635 bits per heavy atom. The van der Waals surface area contributed by atoms with Crippen LogP contribution in [0.3, 0.4) is 0 Å². The van der Waals surface area contributed by atoms with Gasteiger partial charge in [0.25, 0.3) is 5.91 Å². The molecule has 0 bridgehead atoms. The molecule has 418 valence electrons. The SMILES string of the molecule is CCCCCCCCCCCCCCCCCC(=O)[O-].CCCCCCCCCCCCCCCCCC(=O)[O-].C[C@H]1c2cccc(O)c2C(=O)C2=C(O)[C@]3(O)C(=O)C(C(N)=O)=C(O)[C@@H](N(C)C)[C@@H]3[C@@H](O)[C@@H]21.O.[Mg+2]. The van der Waals surface area contributed by atoms with Gasteiger partial charge < -0.3 is 56.5 Å². The number of likely N-dealkylation sites (N-methyl/N-ethyl adjacent to an activating group) is 1. The zero-order chi connectivity index (χ0) is 53.6. The van der Waals surface area contributed by atoms with Crippen molar-refractivity contribution in [3.8, 4) is 5.75 Å². The van der Waals surface area contributed by atoms with E-state index in [9.17, 15) is 59.7 Å². The molecule has 6 atom stereocenters. The predicted molar refractivity (Wildman–Crippen MR) is 288 cm³/mol. The molecule has 0 fully saturated rings. The summed E-state index contributed by atoms with van der Waals surface area (Å²) in [5.74, 6) is -10.7. The maximum Gasteiger partial charge on any atom is 2.00 e. The number of aromatic hydroxyl groups is 1. The van der Waals surface area contributed by atoms with Crippen molar-refractivity contribution in [2.45, 2.75) is 250 Å². The Morgan fingerprint density at radius 2 is 0.986 bits per heavy atom. The molecule has 0 aliphatic heterocycles. The molecule has 1 aromatic rings. The van der Waals surface area contributed by atoms with Crippen LogP contribution in [0.4, 0.5) is 0 Å². The van der Waals surface area contributed by atoms with Gasteiger partial charge in [-0.3, -0.25) is 19.3 Å². The number of carbonyl (C=O) groups is 5. The molecule has 0 heterocycles. The van der Waals surface area contributed by atoms with Crippen molar-refractivity contribution in [3.05, 3.63) is 52.0 Å². The number of primary amides is 1. The van der Waals surface area contributed by atoms with Crippen LogP contribution >= 0.6 is 0 Å². The Hall–Kier alpha value is -3.54. The second-order valence-corrected chi connectivity index (χ2v) is 20.9. The van der Waals surface area contributed by atoms with E-state index in [2.05, 4.69) is 13.8 Å². The number of carboxylic acids is 2. The minimum Gasteiger partial charge on any atom is -0.550 e. The third-order valence-electron chi connectivity index (χ3n) is 15.0. The van der Waals surface area contributed by atoms with Crippen molar-refractivity contribution >= 4 is 52.5 Å². The molecule has 1 aromatic carbocycles. The third-order valence-corrected chi connectivity index (χ3v) is 15.0. The molecule has 0 saturated heterocycles. The number of hydrogen-bond acceptors (Lipinski definition) is 13. The molecule has 0 unspecified atom stereocenters. The Labute approximate surface area is 459 Å². The maximum atomic E-state index is 13.3. The summed E-state index contributed by atoms with van der Waals surface area (Å²) in [5, 5.41) is 75.5. The maximum absolute atomic E-state index is 13.3. The third kappa shape index (κ3) is 22.2. The summed E-state index contributed by atoms with van der Waals surface area (Å²) in [4.78, 5) is 60.3. The Bertz CT molecular complexity index is 1840. The number of phenolic OH excluding ortho intramolecular Hbond substituents is 1. The molecule has 0 radical (unpaired) electrons. The number of aliphatic carboxylic acids is 2. The van der Waals surface area contributed by atoms with Crippen molar-refractivity contribution in [2.75, 3.05) is 14.1 Å². The molecule has 0 spiro atoms. The summed E-state index contributed by atoms with van der Waals surface area (Å²) in [5.41, 5.74) is 1.36. The average molecular weight is 1050 g/mol. The number of rotatable bonds is 34. The molecule has 3 aliphatic carbocycles. The van der Waals surface area contributed by atoms with Crippen molar-refractivity contribution in [3.63, 3.8) is 0 Å². The van der Waals surface area contributed by atoms with E-state index >= 15 is 0 Å². The standard InChI is InChI=1S/C22H24N2O8.2C18H36O2.Mg.H2O/c1-7-8-5-4-6-9(25)11(8)16(26)12-10(7)17(27)14-15(24(2)3)18(28)13(21(23)31)20(30)22(14,32)19(12)29;2*1-2-3-4-5-6-7-8-9-10-11-12-13-14-15-16-17-18(19)20;;/h4-7,10,14-15,17,25,27-29,32H,1-3H3,(H2,23,31);2*2-17H2,1H3,(H,19,20);;1H2/q;;;+2;/p-2/t7-,10+,14+,15-,17-,22-;;;;/m0..../s1. The number of carboxylic acid groups (broad SMARTS) is 2. The van der Waals surface area contributed by atoms with Crippen LogP contribution < -0.4 is 15.9 Å². The average Bonchev–Trinajstić information content (AvgIpc) is 3.32. The molecular weight excluding hydrogens is 957 g/mol. The van der Waals surface area contributed by atoms with Gasteiger partial charge in [0.1, 0.15) is 22.8 Å². The van der Waals surface area contributed by atoms with E-state index < -0.39 is 87.6 Å². The summed E-state index contributed by atoms with van der Waals surface area (Å²) >= 11 is 0. The van der Waals surface area contributed by atoms with Crippen molar-refractivity contribution in [1.82, 2.24) is 4.90 Å². The predicted octanol–water partition coefficient (Wildman–Crippen LogP) is 8.44. The van der Waals surface area contributed by atoms with E-state index in [1.807, 2.05) is 0 Å². The fourth-order valence-corrected chi connectivity index (χ4v) is 10.9. The number of amides is 1. The van der Waals surface area contributed by atoms with E-state index in [0.717, 1.165) is 25.7 Å². The second-order valence-electron chi connectivity index (χ2n) is 20.9. The molecule has 0 aromatic heterocycles. The first-order valence-electron chi connectivity index (χ1n) is 28.0. The minimum absolute atomic E-state index is 0. The van der Waals surface area contributed by atoms with Crippen molar-refractivity contribution in [1.29, 1.82) is 0 Å². The second kappa shape index (κ2) is 38.9. The van der Waals surface area contributed by atoms with Crippen LogP contribution in [0.1, 0.15) is 248 Å². The summed E-state index contributed by atoms with van der Waals surface area (Å²) in [6.07, 6.45) is 38.1. The van der Waals surface area contributed by atoms with Crippen LogP contribution in [0, 0.1) is 11.8 Å². The van der Waals surface area contributed by atoms with E-state index in [1.54, 1.807) is 19.1 Å². The van der Waals surface area contributed by atoms with E-state index in [0.29, 0.717) is 5.56 Å². The van der Waals surface area contributed by atoms with Crippen LogP contribution in [0.15, 0.2) is 40.9 Å². The van der Waals surface area contributed by atoms with Gasteiger partial charge in [0, 0.05) is 23.4 Å². The number of aliphatic hydroxyl groups excluding tert-OH is 3. The summed E-state index contributed by atoms with van der Waals surface area (Å²) in [7, 11) is 2.98. The number of hydrogen-bond donors (Lipinski definition) is 6. The number of benzene rings is 1. The number of carbonyl (C=O) groups excluding carboxylic acids is 5. The molecule has 3 aliphatic rings. The summed E-state index contributed by atoms with van der Waals surface area (Å²) < 4.78 is 0. The van der Waals surface area contributed by atoms with Crippen molar-refractivity contribution in [2.24, 2.45) is 17.6 Å². The van der Waals surface area contributed by atoms with E-state index in [1.165, 1.54) is 192 Å². The smallest absolute Gasteiger partial charge is 0.550 e. The van der Waals surface area contributed by atoms with Crippen LogP contribution in [0.25, 0.3) is 0 Å². The molecule has 1 amide bonds. The van der Waals surface area contributed by atoms with Gasteiger partial charge >= 0.3 is 23.1 Å². The zero-order valence-corrected chi connectivity index (χ0v) is 47.5. The molecular formula is C58H96MgN2O13.